The highest BCUT2D eigenvalue weighted by Crippen LogP contribution is 2.31. The van der Waals surface area contributed by atoms with Crippen LogP contribution in [0.1, 0.15) is 32.3 Å². The summed E-state index contributed by atoms with van der Waals surface area (Å²) < 4.78 is 27.5. The van der Waals surface area contributed by atoms with Crippen molar-refractivity contribution in [2.24, 2.45) is 0 Å². The standard InChI is InChI=1S/C17H20F2N4O4/c1-3-4-7-20-15(26)21-13(24)9-23-14(25)17(2,22-16(23)27)11-8-10(18)5-6-12(11)19/h5-6,8H,3-4,7,9H2,1-2H3,(H,22,27)(H2,20,21,24,26)/t17-/m0/s1. The predicted molar refractivity (Wildman–Crippen MR) is 90.4 cm³/mol. The summed E-state index contributed by atoms with van der Waals surface area (Å²) in [5.41, 5.74) is -2.23. The van der Waals surface area contributed by atoms with Gasteiger partial charge < -0.3 is 10.6 Å². The number of hydrogen-bond acceptors (Lipinski definition) is 4. The van der Waals surface area contributed by atoms with E-state index in [-0.39, 0.29) is 5.56 Å². The summed E-state index contributed by atoms with van der Waals surface area (Å²) in [6, 6.07) is 0.822. The Morgan fingerprint density at radius 3 is 2.63 bits per heavy atom. The highest BCUT2D eigenvalue weighted by molar-refractivity contribution is 6.10. The van der Waals surface area contributed by atoms with Crippen LogP contribution < -0.4 is 16.0 Å². The molecule has 1 aliphatic rings. The third-order valence-corrected chi connectivity index (χ3v) is 4.11. The molecular formula is C17H20F2N4O4. The molecule has 10 heteroatoms. The predicted octanol–water partition coefficient (Wildman–Crippen LogP) is 1.36. The smallest absolute Gasteiger partial charge is 0.325 e. The lowest BCUT2D eigenvalue weighted by atomic mass is 9.91. The number of halogens is 2. The van der Waals surface area contributed by atoms with Crippen molar-refractivity contribution < 1.29 is 28.0 Å². The van der Waals surface area contributed by atoms with Gasteiger partial charge in [0.25, 0.3) is 5.91 Å². The molecule has 0 bridgehead atoms. The van der Waals surface area contributed by atoms with Crippen LogP contribution in [0.25, 0.3) is 0 Å². The number of nitrogens with one attached hydrogen (secondary N) is 3. The van der Waals surface area contributed by atoms with Crippen molar-refractivity contribution in [2.45, 2.75) is 32.2 Å². The molecule has 0 spiro atoms. The fourth-order valence-corrected chi connectivity index (χ4v) is 2.64. The monoisotopic (exact) mass is 382 g/mol. The molecule has 146 valence electrons. The molecule has 8 nitrogen and oxygen atoms in total. The van der Waals surface area contributed by atoms with Crippen LogP contribution in [0.2, 0.25) is 0 Å². The van der Waals surface area contributed by atoms with E-state index < -0.39 is 47.6 Å². The fourth-order valence-electron chi connectivity index (χ4n) is 2.64. The maximum atomic E-state index is 14.1. The van der Waals surface area contributed by atoms with E-state index in [9.17, 15) is 28.0 Å². The number of carbonyl (C=O) groups excluding carboxylic acids is 4. The molecule has 1 aliphatic heterocycles. The van der Waals surface area contributed by atoms with Crippen molar-refractivity contribution in [3.05, 3.63) is 35.4 Å². The number of benzene rings is 1. The molecule has 1 heterocycles. The molecule has 0 radical (unpaired) electrons. The van der Waals surface area contributed by atoms with Crippen LogP contribution in [0, 0.1) is 11.6 Å². The Balaban J connectivity index is 2.08. The van der Waals surface area contributed by atoms with Gasteiger partial charge in [-0.25, -0.2) is 18.4 Å². The Labute approximate surface area is 154 Å². The van der Waals surface area contributed by atoms with Crippen LogP contribution in [-0.4, -0.2) is 41.9 Å². The quantitative estimate of drug-likeness (QED) is 0.510. The lowest BCUT2D eigenvalue weighted by molar-refractivity contribution is -0.134. The molecule has 1 fully saturated rings. The second-order valence-corrected chi connectivity index (χ2v) is 6.23. The van der Waals surface area contributed by atoms with Gasteiger partial charge in [-0.1, -0.05) is 13.3 Å². The molecule has 27 heavy (non-hydrogen) atoms. The summed E-state index contributed by atoms with van der Waals surface area (Å²) in [4.78, 5) is 48.7. The van der Waals surface area contributed by atoms with Gasteiger partial charge in [0, 0.05) is 12.1 Å². The second kappa shape index (κ2) is 8.11. The molecule has 2 rings (SSSR count). The van der Waals surface area contributed by atoms with E-state index in [1.807, 2.05) is 12.2 Å². The summed E-state index contributed by atoms with van der Waals surface area (Å²) in [6.45, 7) is 2.77. The van der Waals surface area contributed by atoms with Crippen molar-refractivity contribution in [1.29, 1.82) is 0 Å². The Morgan fingerprint density at radius 2 is 1.96 bits per heavy atom. The van der Waals surface area contributed by atoms with E-state index in [4.69, 9.17) is 0 Å². The number of amides is 6. The summed E-state index contributed by atoms with van der Waals surface area (Å²) >= 11 is 0. The first-order valence-electron chi connectivity index (χ1n) is 8.36. The third-order valence-electron chi connectivity index (χ3n) is 4.11. The number of unbranched alkanes of at least 4 members (excludes halogenated alkanes) is 1. The summed E-state index contributed by atoms with van der Waals surface area (Å²) in [6.07, 6.45) is 1.58. The lowest BCUT2D eigenvalue weighted by Gasteiger charge is -2.22. The Morgan fingerprint density at radius 1 is 1.26 bits per heavy atom. The maximum absolute atomic E-state index is 14.1. The van der Waals surface area contributed by atoms with Gasteiger partial charge in [-0.3, -0.25) is 19.8 Å². The molecule has 1 aromatic carbocycles. The first kappa shape index (κ1) is 20.3. The van der Waals surface area contributed by atoms with E-state index >= 15 is 0 Å². The van der Waals surface area contributed by atoms with E-state index in [0.29, 0.717) is 11.4 Å². The van der Waals surface area contributed by atoms with Gasteiger partial charge in [-0.05, 0) is 31.5 Å². The molecule has 1 saturated heterocycles. The van der Waals surface area contributed by atoms with Gasteiger partial charge in [0.15, 0.2) is 0 Å². The van der Waals surface area contributed by atoms with Crippen LogP contribution in [0.4, 0.5) is 18.4 Å². The van der Waals surface area contributed by atoms with Crippen LogP contribution >= 0.6 is 0 Å². The number of carbonyl (C=O) groups is 4. The van der Waals surface area contributed by atoms with Gasteiger partial charge in [0.1, 0.15) is 23.7 Å². The molecule has 6 amide bonds. The molecule has 1 aromatic rings. The topological polar surface area (TPSA) is 108 Å². The van der Waals surface area contributed by atoms with Gasteiger partial charge >= 0.3 is 12.1 Å². The molecular weight excluding hydrogens is 362 g/mol. The van der Waals surface area contributed by atoms with Crippen molar-refractivity contribution in [3.8, 4) is 0 Å². The molecule has 0 saturated carbocycles. The number of rotatable bonds is 6. The molecule has 0 unspecified atom stereocenters. The molecule has 0 aliphatic carbocycles. The van der Waals surface area contributed by atoms with Crippen LogP contribution in [0.3, 0.4) is 0 Å². The highest BCUT2D eigenvalue weighted by atomic mass is 19.1. The Kier molecular flexibility index (Phi) is 6.09. The first-order valence-corrected chi connectivity index (χ1v) is 8.36. The number of urea groups is 2. The van der Waals surface area contributed by atoms with Crippen molar-refractivity contribution in [1.82, 2.24) is 20.9 Å². The SMILES string of the molecule is CCCCNC(=O)NC(=O)CN1C(=O)N[C@@](C)(c2cc(F)ccc2F)C1=O. The van der Waals surface area contributed by atoms with Gasteiger partial charge in [0.05, 0.1) is 0 Å². The summed E-state index contributed by atoms with van der Waals surface area (Å²) in [7, 11) is 0. The van der Waals surface area contributed by atoms with E-state index in [1.165, 1.54) is 6.92 Å². The van der Waals surface area contributed by atoms with Crippen molar-refractivity contribution in [3.63, 3.8) is 0 Å². The zero-order chi connectivity index (χ0) is 20.2. The molecule has 0 aromatic heterocycles. The zero-order valence-corrected chi connectivity index (χ0v) is 14.9. The largest absolute Gasteiger partial charge is 0.338 e. The zero-order valence-electron chi connectivity index (χ0n) is 14.9. The minimum Gasteiger partial charge on any atom is -0.338 e. The minimum atomic E-state index is -1.87. The lowest BCUT2D eigenvalue weighted by Crippen LogP contribution is -2.47. The summed E-state index contributed by atoms with van der Waals surface area (Å²) in [5, 5.41) is 6.71. The van der Waals surface area contributed by atoms with E-state index in [2.05, 4.69) is 10.6 Å². The number of imide groups is 2. The van der Waals surface area contributed by atoms with E-state index in [0.717, 1.165) is 31.0 Å². The second-order valence-electron chi connectivity index (χ2n) is 6.23. The average Bonchev–Trinajstić information content (AvgIpc) is 2.81. The van der Waals surface area contributed by atoms with Crippen LogP contribution in [0.5, 0.6) is 0 Å². The van der Waals surface area contributed by atoms with Crippen LogP contribution in [0.15, 0.2) is 18.2 Å². The van der Waals surface area contributed by atoms with Gasteiger partial charge in [-0.2, -0.15) is 0 Å². The Bertz CT molecular complexity index is 786. The molecule has 3 N–H and O–H groups in total. The fraction of sp³-hybridized carbons (Fsp3) is 0.412. The van der Waals surface area contributed by atoms with E-state index in [1.54, 1.807) is 0 Å². The highest BCUT2D eigenvalue weighted by Gasteiger charge is 2.50. The first-order chi connectivity index (χ1) is 12.7. The maximum Gasteiger partial charge on any atom is 0.325 e. The number of nitrogens with zero attached hydrogens (tertiary/aromatic N) is 1. The summed E-state index contributed by atoms with van der Waals surface area (Å²) in [5.74, 6) is -3.49. The van der Waals surface area contributed by atoms with Crippen LogP contribution in [-0.2, 0) is 15.1 Å². The average molecular weight is 382 g/mol. The van der Waals surface area contributed by atoms with Gasteiger partial charge in [-0.15, -0.1) is 0 Å². The minimum absolute atomic E-state index is 0.360. The number of hydrogen-bond donors (Lipinski definition) is 3. The molecule has 1 atom stereocenters. The van der Waals surface area contributed by atoms with Gasteiger partial charge in [0.2, 0.25) is 5.91 Å². The third kappa shape index (κ3) is 4.39. The van der Waals surface area contributed by atoms with Crippen molar-refractivity contribution in [2.75, 3.05) is 13.1 Å². The van der Waals surface area contributed by atoms with Crippen molar-refractivity contribution >= 4 is 23.9 Å². The normalized spacial score (nSPS) is 19.0. The Hall–Kier alpha value is -3.04.